The molecule has 28 heavy (non-hydrogen) atoms. The molecule has 1 unspecified atom stereocenters. The molecule has 148 valence electrons. The number of anilines is 1. The second-order valence-electron chi connectivity index (χ2n) is 6.49. The molecule has 1 aliphatic rings. The summed E-state index contributed by atoms with van der Waals surface area (Å²) in [5.41, 5.74) is 1.74. The Balaban J connectivity index is 1.52. The zero-order chi connectivity index (χ0) is 19.9. The van der Waals surface area contributed by atoms with Gasteiger partial charge in [0.15, 0.2) is 11.5 Å². The molecule has 2 aromatic rings. The summed E-state index contributed by atoms with van der Waals surface area (Å²) in [6, 6.07) is 14.5. The monoisotopic (exact) mass is 383 g/mol. The number of nitrogens with zero attached hydrogens (tertiary/aromatic N) is 1. The van der Waals surface area contributed by atoms with Crippen molar-refractivity contribution in [3.05, 3.63) is 54.1 Å². The minimum Gasteiger partial charge on any atom is -0.493 e. The normalized spacial score (nSPS) is 16.0. The first-order chi connectivity index (χ1) is 13.6. The maximum atomic E-state index is 12.2. The molecule has 1 aliphatic heterocycles. The van der Waals surface area contributed by atoms with Gasteiger partial charge in [0.05, 0.1) is 19.8 Å². The summed E-state index contributed by atoms with van der Waals surface area (Å²) in [4.78, 5) is 26.2. The SMILES string of the molecule is CCOc1cc(CNC(=O)NC2CC(=O)N(c3ccccc3)C2)ccc1OC. The molecule has 2 aromatic carbocycles. The van der Waals surface area contributed by atoms with E-state index in [-0.39, 0.29) is 18.0 Å². The number of rotatable bonds is 7. The number of para-hydroxylation sites is 1. The second-order valence-corrected chi connectivity index (χ2v) is 6.49. The van der Waals surface area contributed by atoms with Gasteiger partial charge >= 0.3 is 6.03 Å². The van der Waals surface area contributed by atoms with Gasteiger partial charge in [0, 0.05) is 25.2 Å². The highest BCUT2D eigenvalue weighted by molar-refractivity contribution is 5.96. The Kier molecular flexibility index (Phi) is 6.37. The fraction of sp³-hybridized carbons (Fsp3) is 0.333. The topological polar surface area (TPSA) is 79.9 Å². The Hall–Kier alpha value is -3.22. The van der Waals surface area contributed by atoms with Crippen molar-refractivity contribution in [2.24, 2.45) is 0 Å². The highest BCUT2D eigenvalue weighted by atomic mass is 16.5. The molecule has 0 radical (unpaired) electrons. The van der Waals surface area contributed by atoms with Crippen molar-refractivity contribution in [1.29, 1.82) is 0 Å². The van der Waals surface area contributed by atoms with Crippen molar-refractivity contribution in [3.63, 3.8) is 0 Å². The smallest absolute Gasteiger partial charge is 0.315 e. The van der Waals surface area contributed by atoms with Crippen molar-refractivity contribution in [2.45, 2.75) is 25.9 Å². The molecule has 1 fully saturated rings. The van der Waals surface area contributed by atoms with Gasteiger partial charge in [0.1, 0.15) is 0 Å². The molecule has 7 heteroatoms. The first-order valence-electron chi connectivity index (χ1n) is 9.30. The molecule has 3 rings (SSSR count). The van der Waals surface area contributed by atoms with Crippen LogP contribution in [0.2, 0.25) is 0 Å². The van der Waals surface area contributed by atoms with Gasteiger partial charge in [0.25, 0.3) is 0 Å². The van der Waals surface area contributed by atoms with Crippen LogP contribution >= 0.6 is 0 Å². The van der Waals surface area contributed by atoms with Crippen LogP contribution in [0.15, 0.2) is 48.5 Å². The van der Waals surface area contributed by atoms with Gasteiger partial charge in [-0.25, -0.2) is 4.79 Å². The molecule has 0 saturated carbocycles. The van der Waals surface area contributed by atoms with E-state index >= 15 is 0 Å². The van der Waals surface area contributed by atoms with E-state index in [2.05, 4.69) is 10.6 Å². The fourth-order valence-electron chi connectivity index (χ4n) is 3.18. The summed E-state index contributed by atoms with van der Waals surface area (Å²) in [6.07, 6.45) is 0.291. The van der Waals surface area contributed by atoms with Gasteiger partial charge in [-0.2, -0.15) is 0 Å². The van der Waals surface area contributed by atoms with Gasteiger partial charge in [-0.05, 0) is 36.8 Å². The van der Waals surface area contributed by atoms with E-state index < -0.39 is 0 Å². The Bertz CT molecular complexity index is 826. The van der Waals surface area contributed by atoms with Crippen molar-refractivity contribution in [1.82, 2.24) is 10.6 Å². The van der Waals surface area contributed by atoms with Crippen molar-refractivity contribution >= 4 is 17.6 Å². The number of benzene rings is 2. The number of methoxy groups -OCH3 is 1. The maximum absolute atomic E-state index is 12.2. The Morgan fingerprint density at radius 1 is 1.18 bits per heavy atom. The lowest BCUT2D eigenvalue weighted by Crippen LogP contribution is -2.43. The maximum Gasteiger partial charge on any atom is 0.315 e. The molecular weight excluding hydrogens is 358 g/mol. The lowest BCUT2D eigenvalue weighted by molar-refractivity contribution is -0.117. The number of amides is 3. The lowest BCUT2D eigenvalue weighted by atomic mass is 10.2. The zero-order valence-electron chi connectivity index (χ0n) is 16.1. The first-order valence-corrected chi connectivity index (χ1v) is 9.30. The predicted molar refractivity (Wildman–Crippen MR) is 107 cm³/mol. The minimum absolute atomic E-state index is 0.00742. The lowest BCUT2D eigenvalue weighted by Gasteiger charge is -2.17. The molecule has 1 atom stereocenters. The molecule has 0 spiro atoms. The van der Waals surface area contributed by atoms with Crippen molar-refractivity contribution < 1.29 is 19.1 Å². The van der Waals surface area contributed by atoms with Crippen LogP contribution in [0.5, 0.6) is 11.5 Å². The van der Waals surface area contributed by atoms with E-state index in [0.717, 1.165) is 11.3 Å². The van der Waals surface area contributed by atoms with E-state index in [4.69, 9.17) is 9.47 Å². The van der Waals surface area contributed by atoms with Gasteiger partial charge in [-0.1, -0.05) is 24.3 Å². The van der Waals surface area contributed by atoms with Crippen LogP contribution in [0, 0.1) is 0 Å². The van der Waals surface area contributed by atoms with Crippen LogP contribution in [0.1, 0.15) is 18.9 Å². The zero-order valence-corrected chi connectivity index (χ0v) is 16.1. The van der Waals surface area contributed by atoms with Crippen LogP contribution in [0.25, 0.3) is 0 Å². The number of urea groups is 1. The first kappa shape index (κ1) is 19.5. The summed E-state index contributed by atoms with van der Waals surface area (Å²) < 4.78 is 10.8. The van der Waals surface area contributed by atoms with E-state index in [1.807, 2.05) is 55.5 Å². The van der Waals surface area contributed by atoms with E-state index in [9.17, 15) is 9.59 Å². The van der Waals surface area contributed by atoms with E-state index in [1.54, 1.807) is 12.0 Å². The van der Waals surface area contributed by atoms with Crippen LogP contribution < -0.4 is 25.0 Å². The Labute approximate surface area is 164 Å². The van der Waals surface area contributed by atoms with Gasteiger partial charge in [-0.15, -0.1) is 0 Å². The number of hydrogen-bond acceptors (Lipinski definition) is 4. The van der Waals surface area contributed by atoms with Crippen LogP contribution in [0.4, 0.5) is 10.5 Å². The summed E-state index contributed by atoms with van der Waals surface area (Å²) in [6.45, 7) is 3.24. The molecule has 0 bridgehead atoms. The molecule has 2 N–H and O–H groups in total. The standard InChI is InChI=1S/C21H25N3O4/c1-3-28-19-11-15(9-10-18(19)27-2)13-22-21(26)23-16-12-20(25)24(14-16)17-7-5-4-6-8-17/h4-11,16H,3,12-14H2,1-2H3,(H2,22,23,26). The quantitative estimate of drug-likeness (QED) is 0.770. The van der Waals surface area contributed by atoms with Crippen molar-refractivity contribution in [2.75, 3.05) is 25.2 Å². The fourth-order valence-corrected chi connectivity index (χ4v) is 3.18. The third-order valence-corrected chi connectivity index (χ3v) is 4.51. The van der Waals surface area contributed by atoms with Gasteiger partial charge < -0.3 is 25.0 Å². The van der Waals surface area contributed by atoms with Gasteiger partial charge in [0.2, 0.25) is 5.91 Å². The van der Waals surface area contributed by atoms with Crippen LogP contribution in [0.3, 0.4) is 0 Å². The molecule has 7 nitrogen and oxygen atoms in total. The summed E-state index contributed by atoms with van der Waals surface area (Å²) in [7, 11) is 1.59. The summed E-state index contributed by atoms with van der Waals surface area (Å²) in [5, 5.41) is 5.70. The Morgan fingerprint density at radius 3 is 2.68 bits per heavy atom. The molecule has 0 aliphatic carbocycles. The third kappa shape index (κ3) is 4.73. The largest absolute Gasteiger partial charge is 0.493 e. The molecule has 0 aromatic heterocycles. The summed E-state index contributed by atoms with van der Waals surface area (Å²) in [5.74, 6) is 1.30. The van der Waals surface area contributed by atoms with E-state index in [1.165, 1.54) is 0 Å². The van der Waals surface area contributed by atoms with Crippen LogP contribution in [-0.2, 0) is 11.3 Å². The van der Waals surface area contributed by atoms with Crippen LogP contribution in [-0.4, -0.2) is 38.2 Å². The van der Waals surface area contributed by atoms with E-state index in [0.29, 0.717) is 37.6 Å². The average molecular weight is 383 g/mol. The highest BCUT2D eigenvalue weighted by Crippen LogP contribution is 2.28. The minimum atomic E-state index is -0.304. The third-order valence-electron chi connectivity index (χ3n) is 4.51. The molecule has 1 saturated heterocycles. The second kappa shape index (κ2) is 9.12. The number of hydrogen-bond donors (Lipinski definition) is 2. The number of ether oxygens (including phenoxy) is 2. The molecule has 1 heterocycles. The number of nitrogens with one attached hydrogen (secondary N) is 2. The predicted octanol–water partition coefficient (Wildman–Crippen LogP) is 2.70. The average Bonchev–Trinajstić information content (AvgIpc) is 3.07. The highest BCUT2D eigenvalue weighted by Gasteiger charge is 2.31. The van der Waals surface area contributed by atoms with Crippen molar-refractivity contribution in [3.8, 4) is 11.5 Å². The number of carbonyl (C=O) groups is 2. The Morgan fingerprint density at radius 2 is 1.96 bits per heavy atom. The molecule has 3 amide bonds. The van der Waals surface area contributed by atoms with Gasteiger partial charge in [-0.3, -0.25) is 4.79 Å². The molecular formula is C21H25N3O4. The summed E-state index contributed by atoms with van der Waals surface area (Å²) >= 11 is 0. The number of carbonyl (C=O) groups excluding carboxylic acids is 2.